The lowest BCUT2D eigenvalue weighted by Gasteiger charge is -2.38. The highest BCUT2D eigenvalue weighted by Crippen LogP contribution is 2.49. The van der Waals surface area contributed by atoms with Crippen molar-refractivity contribution < 1.29 is 145 Å². The SMILES string of the molecule is Fc1c(F)c(F)c([B-](C2=Cc3c4c(c5c(c3C2)C=C([B-](c2c(F)c(F)c(F)c(F)c2F)(c2c(F)c(F)c(F)c(F)c2F)[n+]2ccccc2)C5)C=C([B-](c2c(F)c(F)c(F)c(F)c2F)(c2c(F)c(F)c(F)c(F)c2F)[n+]2ccccc2)C4)(c2c(F)c(F)c(F)c(F)c2F)[n+]2ccccc2)c(F)c1F. The first-order valence-electron chi connectivity index (χ1n) is 28.9. The van der Waals surface area contributed by atoms with Gasteiger partial charge in [-0.2, -0.15) is 0 Å². The molecule has 0 spiro atoms. The second kappa shape index (κ2) is 24.3. The van der Waals surface area contributed by atoms with Crippen LogP contribution >= 0.6 is 0 Å². The Morgan fingerprint density at radius 2 is 0.304 bits per heavy atom. The van der Waals surface area contributed by atoms with E-state index in [9.17, 15) is 0 Å². The average molecular weight is 1460 g/mol. The van der Waals surface area contributed by atoms with Gasteiger partial charge in [0.1, 0.15) is 107 Å². The Hall–Kier alpha value is -10.7. The fourth-order valence-electron chi connectivity index (χ4n) is 15.2. The van der Waals surface area contributed by atoms with Crippen LogP contribution < -0.4 is 46.2 Å². The molecule has 0 amide bonds. The number of nitrogens with zero attached hydrogens (tertiary/aromatic N) is 3. The third-order valence-electron chi connectivity index (χ3n) is 19.2. The quantitative estimate of drug-likeness (QED) is 0.0500. The summed E-state index contributed by atoms with van der Waals surface area (Å²) >= 11 is 0. The van der Waals surface area contributed by atoms with E-state index in [1.165, 1.54) is 0 Å². The highest BCUT2D eigenvalue weighted by Gasteiger charge is 2.60. The van der Waals surface area contributed by atoms with Crippen molar-refractivity contribution in [3.05, 3.63) is 316 Å². The van der Waals surface area contributed by atoms with Crippen molar-refractivity contribution in [2.75, 3.05) is 0 Å². The molecule has 0 N–H and O–H groups in total. The van der Waals surface area contributed by atoms with Crippen molar-refractivity contribution in [1.29, 1.82) is 0 Å². The summed E-state index contributed by atoms with van der Waals surface area (Å²) in [6.45, 7) is 0. The lowest BCUT2D eigenvalue weighted by molar-refractivity contribution is -0.541. The zero-order valence-corrected chi connectivity index (χ0v) is 49.4. The van der Waals surface area contributed by atoms with Crippen LogP contribution in [0.15, 0.2) is 108 Å². The van der Waals surface area contributed by atoms with Crippen LogP contribution in [-0.4, -0.2) is 18.8 Å². The largest absolute Gasteiger partial charge is 0.415 e. The number of aromatic nitrogens is 3. The molecule has 3 aliphatic rings. The first kappa shape index (κ1) is 69.8. The monoisotopic (exact) mass is 1460 g/mol. The molecular weight excluding hydrogens is 1440 g/mol. The Morgan fingerprint density at radius 3 is 0.441 bits per heavy atom. The Morgan fingerprint density at radius 1 is 0.176 bits per heavy atom. The predicted octanol–water partition coefficient (Wildman–Crippen LogP) is 12.1. The van der Waals surface area contributed by atoms with Gasteiger partial charge >= 0.3 is 18.8 Å². The highest BCUT2D eigenvalue weighted by molar-refractivity contribution is 7.03. The molecule has 3 aliphatic carbocycles. The van der Waals surface area contributed by atoms with E-state index < -0.39 is 295 Å². The Balaban J connectivity index is 1.27. The fourth-order valence-corrected chi connectivity index (χ4v) is 15.2. The number of pyridine rings is 3. The predicted molar refractivity (Wildman–Crippen MR) is 300 cm³/mol. The summed E-state index contributed by atoms with van der Waals surface area (Å²) in [5.74, 6) is -92.7. The maximum absolute atomic E-state index is 17.3. The second-order valence-electron chi connectivity index (χ2n) is 23.7. The van der Waals surface area contributed by atoms with Crippen LogP contribution in [0.2, 0.25) is 0 Å². The molecule has 0 atom stereocenters. The Kier molecular flexibility index (Phi) is 16.6. The first-order chi connectivity index (χ1) is 48.1. The molecule has 0 aliphatic heterocycles. The molecule has 0 radical (unpaired) electrons. The number of fused-ring (bicyclic) bond motifs is 6. The van der Waals surface area contributed by atoms with Crippen molar-refractivity contribution in [3.63, 3.8) is 0 Å². The number of hydrogen-bond acceptors (Lipinski definition) is 0. The second-order valence-corrected chi connectivity index (χ2v) is 23.7. The van der Waals surface area contributed by atoms with Crippen LogP contribution in [0.3, 0.4) is 0 Å². The summed E-state index contributed by atoms with van der Waals surface area (Å²) in [5.41, 5.74) is -25.4. The summed E-state index contributed by atoms with van der Waals surface area (Å²) in [5, 5.41) is 0. The average Bonchev–Trinajstić information content (AvgIpc) is 1.39. The van der Waals surface area contributed by atoms with E-state index in [4.69, 9.17) is 0 Å². The number of rotatable bonds is 12. The molecule has 522 valence electrons. The van der Waals surface area contributed by atoms with Crippen molar-refractivity contribution >= 4 is 69.8 Å². The van der Waals surface area contributed by atoms with Crippen LogP contribution in [0, 0.1) is 175 Å². The molecule has 0 saturated heterocycles. The van der Waals surface area contributed by atoms with Crippen molar-refractivity contribution in [3.8, 4) is 0 Å². The molecule has 0 fully saturated rings. The number of hydrogen-bond donors (Lipinski definition) is 0. The first-order valence-corrected chi connectivity index (χ1v) is 28.9. The van der Waals surface area contributed by atoms with Gasteiger partial charge in [-0.3, -0.25) is 0 Å². The van der Waals surface area contributed by atoms with Gasteiger partial charge in [-0.25, -0.2) is 132 Å². The van der Waals surface area contributed by atoms with Crippen LogP contribution in [-0.2, 0) is 19.3 Å². The molecule has 3 nitrogen and oxygen atoms in total. The van der Waals surface area contributed by atoms with Gasteiger partial charge in [0.25, 0.3) is 0 Å². The normalized spacial score (nSPS) is 13.6. The zero-order valence-electron chi connectivity index (χ0n) is 49.4. The molecule has 7 aromatic carbocycles. The van der Waals surface area contributed by atoms with E-state index in [1.54, 1.807) is 0 Å². The van der Waals surface area contributed by atoms with Crippen molar-refractivity contribution in [2.24, 2.45) is 0 Å². The number of benzene rings is 7. The fraction of sp³-hybridized carbons (Fsp3) is 0.0455. The standard InChI is InChI=1S/C66H24B3F30N3/c70-37-31(38(71)50(83)61(94)49(37)82)67(100-10-4-1-5-11-100,32-39(72)51(84)62(95)52(85)40(32)73)22-16-25-26(17-22)28-19-24(69(102-14-8-3-9-15-102,35-45(78)57(90)65(98)58(91)46(35)79)36-47(80)59(92)66(99)60(93)48(36)81)21-30(28)29-20-23(18-27(25)29)68(101-12-6-2-7-13-101,33-41(74)53(86)63(96)54(87)42(33)75)34-43(76)55(88)64(97)56(89)44(34)77/h1-16,19-20H,17-18,21H2. The van der Waals surface area contributed by atoms with Crippen LogP contribution in [0.1, 0.15) is 33.4 Å². The van der Waals surface area contributed by atoms with E-state index in [0.717, 1.165) is 54.6 Å². The van der Waals surface area contributed by atoms with Gasteiger partial charge in [-0.1, -0.05) is 36.4 Å². The van der Waals surface area contributed by atoms with Crippen LogP contribution in [0.4, 0.5) is 132 Å². The summed E-state index contributed by atoms with van der Waals surface area (Å²) in [6, 6.07) is 7.28. The van der Waals surface area contributed by atoms with Gasteiger partial charge in [-0.05, 0) is 122 Å². The van der Waals surface area contributed by atoms with Gasteiger partial charge in [0.05, 0.1) is 0 Å². The maximum Gasteiger partial charge on any atom is 0.368 e. The third-order valence-corrected chi connectivity index (χ3v) is 19.2. The van der Waals surface area contributed by atoms with Crippen molar-refractivity contribution in [2.45, 2.75) is 19.3 Å². The molecule has 36 heteroatoms. The smallest absolute Gasteiger partial charge is 0.368 e. The van der Waals surface area contributed by atoms with E-state index in [1.807, 2.05) is 0 Å². The van der Waals surface area contributed by atoms with E-state index in [2.05, 4.69) is 0 Å². The highest BCUT2D eigenvalue weighted by atomic mass is 19.2. The molecule has 102 heavy (non-hydrogen) atoms. The van der Waals surface area contributed by atoms with E-state index in [-0.39, 0.29) is 13.4 Å². The van der Waals surface area contributed by atoms with Gasteiger partial charge < -0.3 is 13.4 Å². The summed E-state index contributed by atoms with van der Waals surface area (Å²) in [4.78, 5) is 0. The van der Waals surface area contributed by atoms with Crippen molar-refractivity contribution in [1.82, 2.24) is 0 Å². The van der Waals surface area contributed by atoms with E-state index >= 15 is 132 Å². The molecule has 10 aromatic rings. The Labute approximate surface area is 548 Å². The molecule has 3 heterocycles. The molecular formula is C66H24B3F30N3. The van der Waals surface area contributed by atoms with Crippen LogP contribution in [0.5, 0.6) is 0 Å². The van der Waals surface area contributed by atoms with Gasteiger partial charge in [0, 0.05) is 0 Å². The third kappa shape index (κ3) is 9.06. The van der Waals surface area contributed by atoms with Gasteiger partial charge in [0.2, 0.25) is 0 Å². The maximum atomic E-state index is 17.3. The topological polar surface area (TPSA) is 11.6 Å². The summed E-state index contributed by atoms with van der Waals surface area (Å²) in [7, 11) is 0. The molecule has 0 unspecified atom stereocenters. The Bertz CT molecular complexity index is 4580. The van der Waals surface area contributed by atoms with E-state index in [0.29, 0.717) is 55.4 Å². The van der Waals surface area contributed by atoms with Crippen LogP contribution in [0.25, 0.3) is 18.2 Å². The minimum Gasteiger partial charge on any atom is -0.415 e. The number of halogens is 30. The molecule has 0 saturated carbocycles. The summed E-state index contributed by atoms with van der Waals surface area (Å²) in [6.07, 6.45) is -18.3. The molecule has 13 rings (SSSR count). The minimum absolute atomic E-state index is 0.110. The number of allylic oxidation sites excluding steroid dienone is 3. The zero-order chi connectivity index (χ0) is 74.1. The molecule has 3 aromatic heterocycles. The van der Waals surface area contributed by atoms with Gasteiger partial charge in [-0.15, -0.1) is 16.4 Å². The lowest BCUT2D eigenvalue weighted by Crippen LogP contribution is -2.82. The minimum atomic E-state index is -5.63. The molecule has 0 bridgehead atoms. The van der Waals surface area contributed by atoms with Gasteiger partial charge in [0.15, 0.2) is 105 Å². The summed E-state index contributed by atoms with van der Waals surface area (Å²) < 4.78 is 494. The lowest BCUT2D eigenvalue weighted by atomic mass is 9.22.